The summed E-state index contributed by atoms with van der Waals surface area (Å²) >= 11 is 0. The van der Waals surface area contributed by atoms with Gasteiger partial charge in [0, 0.05) is 12.8 Å². The van der Waals surface area contributed by atoms with Crippen molar-refractivity contribution in [3.05, 3.63) is 72.9 Å². The van der Waals surface area contributed by atoms with Crippen LogP contribution in [0.5, 0.6) is 0 Å². The number of aliphatic hydroxyl groups excluding tert-OH is 2. The first-order valence-corrected chi connectivity index (χ1v) is 25.8. The van der Waals surface area contributed by atoms with E-state index in [1.54, 1.807) is 12.2 Å². The van der Waals surface area contributed by atoms with E-state index >= 15 is 0 Å². The largest absolute Gasteiger partial charge is 0.472 e. The molecule has 358 valence electrons. The minimum Gasteiger partial charge on any atom is -0.462 e. The molecule has 0 heterocycles. The van der Waals surface area contributed by atoms with Crippen molar-refractivity contribution in [1.29, 1.82) is 0 Å². The number of carbonyl (C=O) groups is 2. The SMILES string of the molecule is CCCCCCCC/C=C\C/C=C\C/C=C\CCCC(=O)O[C@H](COC(=O)CCCC(O)/C=C/C=C/C/C=C/CCCCCCCC)COP(=O)(O)OC[C@@H](O)COP(=O)(O)O. The molecule has 0 aromatic carbocycles. The number of ether oxygens (including phenoxy) is 2. The maximum Gasteiger partial charge on any atom is 0.472 e. The van der Waals surface area contributed by atoms with Crippen LogP contribution in [-0.2, 0) is 41.8 Å². The van der Waals surface area contributed by atoms with Crippen LogP contribution < -0.4 is 0 Å². The molecule has 0 rings (SSSR count). The fourth-order valence-corrected chi connectivity index (χ4v) is 6.82. The normalized spacial score (nSPS) is 15.1. The summed E-state index contributed by atoms with van der Waals surface area (Å²) in [5.74, 6) is -1.29. The topological polar surface area (TPSA) is 216 Å². The average molecular weight is 919 g/mol. The van der Waals surface area contributed by atoms with Gasteiger partial charge in [0.2, 0.25) is 0 Å². The highest BCUT2D eigenvalue weighted by Crippen LogP contribution is 2.43. The molecule has 0 aliphatic rings. The van der Waals surface area contributed by atoms with Gasteiger partial charge in [-0.3, -0.25) is 23.2 Å². The Morgan fingerprint density at radius 1 is 0.532 bits per heavy atom. The number of phosphoric acid groups is 2. The molecule has 0 aliphatic heterocycles. The lowest BCUT2D eigenvalue weighted by molar-refractivity contribution is -0.161. The Kier molecular flexibility index (Phi) is 39.6. The van der Waals surface area contributed by atoms with Crippen molar-refractivity contribution in [2.24, 2.45) is 0 Å². The van der Waals surface area contributed by atoms with E-state index in [9.17, 15) is 33.8 Å². The summed E-state index contributed by atoms with van der Waals surface area (Å²) in [6, 6.07) is 0. The van der Waals surface area contributed by atoms with Crippen LogP contribution in [0.15, 0.2) is 72.9 Å². The minimum atomic E-state index is -4.89. The highest BCUT2D eigenvalue weighted by Gasteiger charge is 2.28. The highest BCUT2D eigenvalue weighted by molar-refractivity contribution is 7.47. The van der Waals surface area contributed by atoms with E-state index in [-0.39, 0.29) is 12.8 Å². The van der Waals surface area contributed by atoms with Crippen LogP contribution in [0.4, 0.5) is 0 Å². The second-order valence-electron chi connectivity index (χ2n) is 15.2. The molecule has 5 N–H and O–H groups in total. The predicted octanol–water partition coefficient (Wildman–Crippen LogP) is 10.8. The molecule has 2 unspecified atom stereocenters. The summed E-state index contributed by atoms with van der Waals surface area (Å²) in [5, 5.41) is 20.0. The van der Waals surface area contributed by atoms with Crippen molar-refractivity contribution < 1.29 is 66.7 Å². The molecule has 0 aliphatic carbocycles. The lowest BCUT2D eigenvalue weighted by Gasteiger charge is -2.20. The number of esters is 2. The van der Waals surface area contributed by atoms with Crippen molar-refractivity contribution in [2.75, 3.05) is 26.4 Å². The fraction of sp³-hybridized carbons (Fsp3) is 0.696. The summed E-state index contributed by atoms with van der Waals surface area (Å²) in [4.78, 5) is 52.7. The zero-order valence-electron chi connectivity index (χ0n) is 37.6. The Bertz CT molecular complexity index is 1390. The van der Waals surface area contributed by atoms with Gasteiger partial charge in [0.1, 0.15) is 12.7 Å². The van der Waals surface area contributed by atoms with E-state index in [1.807, 2.05) is 24.3 Å². The van der Waals surface area contributed by atoms with Crippen molar-refractivity contribution in [3.63, 3.8) is 0 Å². The summed E-state index contributed by atoms with van der Waals surface area (Å²) < 4.78 is 47.6. The van der Waals surface area contributed by atoms with Gasteiger partial charge in [0.15, 0.2) is 6.10 Å². The molecule has 16 heteroatoms. The third-order valence-electron chi connectivity index (χ3n) is 9.16. The van der Waals surface area contributed by atoms with Gasteiger partial charge in [0.05, 0.1) is 25.9 Å². The summed E-state index contributed by atoms with van der Waals surface area (Å²) in [6.07, 6.45) is 42.2. The molecular weight excluding hydrogens is 838 g/mol. The fourth-order valence-electron chi connectivity index (χ4n) is 5.67. The molecule has 4 atom stereocenters. The van der Waals surface area contributed by atoms with Gasteiger partial charge in [-0.2, -0.15) is 0 Å². The standard InChI is InChI=1S/C46H80O14P2/c1-3-5-7-9-11-13-15-17-18-19-20-22-24-26-28-30-32-36-46(50)60-44(41-59-62(54,55)58-39-43(48)38-57-61(51,52)53)40-56-45(49)37-33-35-42(47)34-31-29-27-25-23-21-16-14-12-10-8-6-4-2/h17-18,20-23,26-29,31,34,42-44,47-48H,3-16,19,24-25,30,32-33,35-41H2,1-2H3,(H,54,55)(H2,51,52,53)/b18-17-,22-20-,23-21+,28-26-,29-27+,34-31+/t42?,43-,44+/m0/s1. The first-order valence-electron chi connectivity index (χ1n) is 22.7. The number of unbranched alkanes of at least 4 members (excludes halogenated alkanes) is 13. The van der Waals surface area contributed by atoms with Crippen molar-refractivity contribution in [3.8, 4) is 0 Å². The maximum absolute atomic E-state index is 12.7. The first-order chi connectivity index (χ1) is 29.8. The second kappa shape index (κ2) is 41.2. The van der Waals surface area contributed by atoms with Gasteiger partial charge in [0.25, 0.3) is 0 Å². The molecule has 0 saturated heterocycles. The Morgan fingerprint density at radius 3 is 1.60 bits per heavy atom. The number of allylic oxidation sites excluding steroid dienone is 11. The Balaban J connectivity index is 4.76. The van der Waals surface area contributed by atoms with Gasteiger partial charge in [-0.05, 0) is 70.6 Å². The molecule has 0 aromatic heterocycles. The number of hydrogen-bond acceptors (Lipinski definition) is 11. The van der Waals surface area contributed by atoms with Crippen LogP contribution in [0.3, 0.4) is 0 Å². The minimum absolute atomic E-state index is 0.0175. The van der Waals surface area contributed by atoms with E-state index in [4.69, 9.17) is 23.8 Å². The molecule has 0 spiro atoms. The molecule has 0 radical (unpaired) electrons. The maximum atomic E-state index is 12.7. The lowest BCUT2D eigenvalue weighted by atomic mass is 10.1. The summed E-state index contributed by atoms with van der Waals surface area (Å²) in [6.45, 7) is 1.47. The Labute approximate surface area is 372 Å². The number of phosphoric ester groups is 2. The summed E-state index contributed by atoms with van der Waals surface area (Å²) in [5.41, 5.74) is 0. The average Bonchev–Trinajstić information content (AvgIpc) is 3.22. The van der Waals surface area contributed by atoms with E-state index in [0.29, 0.717) is 25.7 Å². The van der Waals surface area contributed by atoms with Crippen molar-refractivity contribution in [1.82, 2.24) is 0 Å². The second-order valence-corrected chi connectivity index (χ2v) is 17.9. The van der Waals surface area contributed by atoms with Gasteiger partial charge in [-0.1, -0.05) is 151 Å². The van der Waals surface area contributed by atoms with Gasteiger partial charge in [-0.15, -0.1) is 0 Å². The first kappa shape index (κ1) is 59.5. The number of rotatable bonds is 42. The van der Waals surface area contributed by atoms with Crippen LogP contribution in [0.25, 0.3) is 0 Å². The lowest BCUT2D eigenvalue weighted by Crippen LogP contribution is -2.30. The molecule has 62 heavy (non-hydrogen) atoms. The highest BCUT2D eigenvalue weighted by atomic mass is 31.2. The van der Waals surface area contributed by atoms with E-state index in [2.05, 4.69) is 59.4 Å². The molecule has 0 bridgehead atoms. The van der Waals surface area contributed by atoms with Crippen molar-refractivity contribution in [2.45, 2.75) is 180 Å². The third-order valence-corrected chi connectivity index (χ3v) is 10.6. The van der Waals surface area contributed by atoms with Gasteiger partial charge in [-0.25, -0.2) is 9.13 Å². The Hall–Kier alpha value is -2.48. The van der Waals surface area contributed by atoms with Crippen LogP contribution in [0.1, 0.15) is 162 Å². The van der Waals surface area contributed by atoms with E-state index in [1.165, 1.54) is 77.0 Å². The molecule has 0 amide bonds. The molecule has 0 saturated carbocycles. The zero-order valence-corrected chi connectivity index (χ0v) is 39.3. The molecule has 0 aromatic rings. The zero-order chi connectivity index (χ0) is 46.0. The van der Waals surface area contributed by atoms with E-state index < -0.39 is 72.3 Å². The monoisotopic (exact) mass is 919 g/mol. The number of aliphatic hydroxyl groups is 2. The quantitative estimate of drug-likeness (QED) is 0.0127. The van der Waals surface area contributed by atoms with Crippen LogP contribution in [-0.4, -0.2) is 81.6 Å². The van der Waals surface area contributed by atoms with Crippen LogP contribution in [0, 0.1) is 0 Å². The van der Waals surface area contributed by atoms with E-state index in [0.717, 1.165) is 32.1 Å². The molecule has 0 fully saturated rings. The number of carbonyl (C=O) groups excluding carboxylic acids is 2. The van der Waals surface area contributed by atoms with Gasteiger partial charge < -0.3 is 34.4 Å². The third kappa shape index (κ3) is 44.1. The summed E-state index contributed by atoms with van der Waals surface area (Å²) in [7, 11) is -9.76. The van der Waals surface area contributed by atoms with Crippen molar-refractivity contribution >= 4 is 27.6 Å². The number of hydrogen-bond donors (Lipinski definition) is 5. The smallest absolute Gasteiger partial charge is 0.462 e. The van der Waals surface area contributed by atoms with Crippen LogP contribution in [0.2, 0.25) is 0 Å². The Morgan fingerprint density at radius 2 is 1.02 bits per heavy atom. The predicted molar refractivity (Wildman–Crippen MR) is 245 cm³/mol. The molecular formula is C46H80O14P2. The molecule has 14 nitrogen and oxygen atoms in total. The van der Waals surface area contributed by atoms with Crippen LogP contribution >= 0.6 is 15.6 Å². The van der Waals surface area contributed by atoms with Gasteiger partial charge >= 0.3 is 27.6 Å².